The van der Waals surface area contributed by atoms with E-state index in [0.29, 0.717) is 5.69 Å². The zero-order valence-corrected chi connectivity index (χ0v) is 11.9. The number of rotatable bonds is 3. The van der Waals surface area contributed by atoms with Gasteiger partial charge >= 0.3 is 5.97 Å². The van der Waals surface area contributed by atoms with Gasteiger partial charge in [-0.05, 0) is 37.1 Å². The van der Waals surface area contributed by atoms with Crippen LogP contribution in [0.4, 0.5) is 5.69 Å². The molecule has 2 aliphatic rings. The summed E-state index contributed by atoms with van der Waals surface area (Å²) >= 11 is 0. The lowest BCUT2D eigenvalue weighted by Crippen LogP contribution is -2.39. The lowest BCUT2D eigenvalue weighted by Gasteiger charge is -2.21. The van der Waals surface area contributed by atoms with Crippen molar-refractivity contribution in [1.29, 1.82) is 0 Å². The minimum Gasteiger partial charge on any atom is -0.481 e. The number of aryl methyl sites for hydroxylation is 2. The molecule has 2 N–H and O–H groups in total. The van der Waals surface area contributed by atoms with Crippen molar-refractivity contribution >= 4 is 17.6 Å². The summed E-state index contributed by atoms with van der Waals surface area (Å²) in [7, 11) is 0. The van der Waals surface area contributed by atoms with Crippen LogP contribution in [0.2, 0.25) is 0 Å². The van der Waals surface area contributed by atoms with Crippen molar-refractivity contribution in [3.05, 3.63) is 41.5 Å². The smallest absolute Gasteiger partial charge is 0.310 e. The summed E-state index contributed by atoms with van der Waals surface area (Å²) < 4.78 is 5.51. The molecule has 110 valence electrons. The van der Waals surface area contributed by atoms with E-state index in [9.17, 15) is 14.7 Å². The first-order chi connectivity index (χ1) is 9.95. The summed E-state index contributed by atoms with van der Waals surface area (Å²) in [6.45, 7) is 3.90. The van der Waals surface area contributed by atoms with Gasteiger partial charge in [0.25, 0.3) is 0 Å². The fraction of sp³-hybridized carbons (Fsp3) is 0.375. The summed E-state index contributed by atoms with van der Waals surface area (Å²) in [5.74, 6) is -2.79. The molecule has 21 heavy (non-hydrogen) atoms. The van der Waals surface area contributed by atoms with Crippen LogP contribution < -0.4 is 5.32 Å². The van der Waals surface area contributed by atoms with Gasteiger partial charge in [-0.1, -0.05) is 18.2 Å². The molecule has 1 saturated heterocycles. The van der Waals surface area contributed by atoms with Gasteiger partial charge in [-0.2, -0.15) is 0 Å². The number of ether oxygens (including phenoxy) is 1. The molecule has 0 radical (unpaired) electrons. The van der Waals surface area contributed by atoms with Gasteiger partial charge in [-0.15, -0.1) is 0 Å². The average Bonchev–Trinajstić information content (AvgIpc) is 2.96. The maximum absolute atomic E-state index is 12.5. The normalized spacial score (nSPS) is 29.6. The Labute approximate surface area is 122 Å². The minimum atomic E-state index is -0.993. The fourth-order valence-corrected chi connectivity index (χ4v) is 3.19. The van der Waals surface area contributed by atoms with E-state index in [1.807, 2.05) is 32.0 Å². The van der Waals surface area contributed by atoms with Gasteiger partial charge < -0.3 is 15.2 Å². The summed E-state index contributed by atoms with van der Waals surface area (Å²) in [6, 6.07) is 5.74. The molecule has 2 aliphatic heterocycles. The molecule has 0 aromatic heterocycles. The highest BCUT2D eigenvalue weighted by Gasteiger charge is 2.53. The van der Waals surface area contributed by atoms with Gasteiger partial charge in [-0.3, -0.25) is 9.59 Å². The number of carbonyl (C=O) groups is 2. The van der Waals surface area contributed by atoms with Crippen LogP contribution in [0, 0.1) is 25.7 Å². The van der Waals surface area contributed by atoms with Crippen LogP contribution in [-0.2, 0) is 14.3 Å². The zero-order chi connectivity index (χ0) is 15.1. The monoisotopic (exact) mass is 287 g/mol. The number of aliphatic carboxylic acids is 1. The SMILES string of the molecule is Cc1cc(C)cc(NC(=O)[C@H]2[C@@H](C(=O)O)[C@H]3C=C[C@@H]2O3)c1. The van der Waals surface area contributed by atoms with Crippen molar-refractivity contribution in [2.24, 2.45) is 11.8 Å². The number of hydrogen-bond donors (Lipinski definition) is 2. The van der Waals surface area contributed by atoms with E-state index in [2.05, 4.69) is 5.32 Å². The van der Waals surface area contributed by atoms with Crippen LogP contribution in [0.5, 0.6) is 0 Å². The van der Waals surface area contributed by atoms with E-state index < -0.39 is 30.0 Å². The Morgan fingerprint density at radius 2 is 1.62 bits per heavy atom. The van der Waals surface area contributed by atoms with Gasteiger partial charge in [0.1, 0.15) is 5.92 Å². The van der Waals surface area contributed by atoms with Crippen molar-refractivity contribution in [1.82, 2.24) is 0 Å². The van der Waals surface area contributed by atoms with E-state index in [1.54, 1.807) is 12.2 Å². The number of carbonyl (C=O) groups excluding carboxylic acids is 1. The molecule has 5 nitrogen and oxygen atoms in total. The second-order valence-electron chi connectivity index (χ2n) is 5.71. The molecule has 1 fully saturated rings. The highest BCUT2D eigenvalue weighted by Crippen LogP contribution is 2.39. The molecular formula is C16H17NO4. The predicted octanol–water partition coefficient (Wildman–Crippen LogP) is 1.90. The molecule has 0 saturated carbocycles. The minimum absolute atomic E-state index is 0.302. The first-order valence-corrected chi connectivity index (χ1v) is 6.91. The molecule has 0 unspecified atom stereocenters. The highest BCUT2D eigenvalue weighted by molar-refractivity contribution is 5.96. The number of hydrogen-bond acceptors (Lipinski definition) is 3. The van der Waals surface area contributed by atoms with Crippen LogP contribution >= 0.6 is 0 Å². The molecule has 2 heterocycles. The number of benzene rings is 1. The average molecular weight is 287 g/mol. The number of carboxylic acid groups (broad SMARTS) is 1. The first-order valence-electron chi connectivity index (χ1n) is 6.91. The topological polar surface area (TPSA) is 75.6 Å². The Hall–Kier alpha value is -2.14. The van der Waals surface area contributed by atoms with Gasteiger partial charge in [0, 0.05) is 5.69 Å². The summed E-state index contributed by atoms with van der Waals surface area (Å²) in [5.41, 5.74) is 2.78. The third kappa shape index (κ3) is 2.45. The second-order valence-corrected chi connectivity index (χ2v) is 5.71. The van der Waals surface area contributed by atoms with E-state index in [0.717, 1.165) is 11.1 Å². The van der Waals surface area contributed by atoms with Gasteiger partial charge in [0.05, 0.1) is 18.1 Å². The zero-order valence-electron chi connectivity index (χ0n) is 11.9. The van der Waals surface area contributed by atoms with Crippen LogP contribution in [0.3, 0.4) is 0 Å². The highest BCUT2D eigenvalue weighted by atomic mass is 16.5. The Bertz CT molecular complexity index is 617. The molecule has 5 heteroatoms. The molecule has 1 aromatic rings. The lowest BCUT2D eigenvalue weighted by molar-refractivity contribution is -0.145. The quantitative estimate of drug-likeness (QED) is 0.833. The molecule has 0 spiro atoms. The molecule has 1 amide bonds. The van der Waals surface area contributed by atoms with Crippen LogP contribution in [0.1, 0.15) is 11.1 Å². The number of anilines is 1. The Balaban J connectivity index is 1.82. The van der Waals surface area contributed by atoms with Crippen LogP contribution in [0.25, 0.3) is 0 Å². The van der Waals surface area contributed by atoms with E-state index in [1.165, 1.54) is 0 Å². The van der Waals surface area contributed by atoms with E-state index in [4.69, 9.17) is 4.74 Å². The number of amides is 1. The maximum Gasteiger partial charge on any atom is 0.310 e. The molecule has 4 atom stereocenters. The fourth-order valence-electron chi connectivity index (χ4n) is 3.19. The molecule has 1 aromatic carbocycles. The molecular weight excluding hydrogens is 270 g/mol. The van der Waals surface area contributed by atoms with Crippen molar-refractivity contribution in [2.75, 3.05) is 5.32 Å². The number of nitrogens with one attached hydrogen (secondary N) is 1. The van der Waals surface area contributed by atoms with Crippen molar-refractivity contribution < 1.29 is 19.4 Å². The number of carboxylic acids is 1. The molecule has 0 aliphatic carbocycles. The van der Waals surface area contributed by atoms with E-state index in [-0.39, 0.29) is 5.91 Å². The third-order valence-electron chi connectivity index (χ3n) is 3.98. The van der Waals surface area contributed by atoms with Crippen LogP contribution in [0.15, 0.2) is 30.4 Å². The summed E-state index contributed by atoms with van der Waals surface area (Å²) in [4.78, 5) is 23.8. The van der Waals surface area contributed by atoms with E-state index >= 15 is 0 Å². The Kier molecular flexibility index (Phi) is 3.29. The number of fused-ring (bicyclic) bond motifs is 2. The van der Waals surface area contributed by atoms with Gasteiger partial charge in [0.15, 0.2) is 0 Å². The lowest BCUT2D eigenvalue weighted by atomic mass is 9.82. The van der Waals surface area contributed by atoms with Gasteiger partial charge in [-0.25, -0.2) is 0 Å². The summed E-state index contributed by atoms with van der Waals surface area (Å²) in [5, 5.41) is 12.1. The molecule has 2 bridgehead atoms. The third-order valence-corrected chi connectivity index (χ3v) is 3.98. The van der Waals surface area contributed by atoms with Crippen molar-refractivity contribution in [3.63, 3.8) is 0 Å². The largest absolute Gasteiger partial charge is 0.481 e. The van der Waals surface area contributed by atoms with Crippen molar-refractivity contribution in [2.45, 2.75) is 26.1 Å². The van der Waals surface area contributed by atoms with Crippen molar-refractivity contribution in [3.8, 4) is 0 Å². The Morgan fingerprint density at radius 1 is 1.05 bits per heavy atom. The van der Waals surface area contributed by atoms with Crippen LogP contribution in [-0.4, -0.2) is 29.2 Å². The standard InChI is InChI=1S/C16H17NO4/c1-8-5-9(2)7-10(6-8)17-15(18)13-11-3-4-12(21-11)14(13)16(19)20/h3-7,11-14H,1-2H3,(H,17,18)(H,19,20)/t11-,12+,13+,14-/m0/s1. The molecule has 3 rings (SSSR count). The predicted molar refractivity (Wildman–Crippen MR) is 77.0 cm³/mol. The van der Waals surface area contributed by atoms with Gasteiger partial charge in [0.2, 0.25) is 5.91 Å². The Morgan fingerprint density at radius 3 is 2.19 bits per heavy atom. The summed E-state index contributed by atoms with van der Waals surface area (Å²) in [6.07, 6.45) is 2.56. The maximum atomic E-state index is 12.5. The first kappa shape index (κ1) is 13.8. The second kappa shape index (κ2) is 5.00.